The fourth-order valence-corrected chi connectivity index (χ4v) is 4.53. The van der Waals surface area contributed by atoms with Crippen molar-refractivity contribution in [3.8, 4) is 0 Å². The van der Waals surface area contributed by atoms with Gasteiger partial charge < -0.3 is 10.2 Å². The number of hydrogen-bond acceptors (Lipinski definition) is 2. The minimum atomic E-state index is 0.771. The summed E-state index contributed by atoms with van der Waals surface area (Å²) in [5.74, 6) is 3.26. The average Bonchev–Trinajstić information content (AvgIpc) is 2.92. The molecule has 4 atom stereocenters. The van der Waals surface area contributed by atoms with E-state index in [1.807, 2.05) is 0 Å². The van der Waals surface area contributed by atoms with Crippen LogP contribution in [0, 0.1) is 17.8 Å². The van der Waals surface area contributed by atoms with Crippen molar-refractivity contribution in [3.05, 3.63) is 0 Å². The Morgan fingerprint density at radius 3 is 2.88 bits per heavy atom. The highest BCUT2D eigenvalue weighted by molar-refractivity contribution is 4.92. The zero-order valence-electron chi connectivity index (χ0n) is 11.3. The molecule has 1 saturated heterocycles. The Morgan fingerprint density at radius 1 is 1.24 bits per heavy atom. The highest BCUT2D eigenvalue weighted by Gasteiger charge is 2.40. The predicted octanol–water partition coefficient (Wildman–Crippen LogP) is 2.50. The van der Waals surface area contributed by atoms with E-state index in [0.29, 0.717) is 0 Å². The third kappa shape index (κ3) is 2.68. The van der Waals surface area contributed by atoms with Gasteiger partial charge in [0.25, 0.3) is 0 Å². The van der Waals surface area contributed by atoms with Gasteiger partial charge in [-0.2, -0.15) is 0 Å². The molecular weight excluding hydrogens is 208 g/mol. The van der Waals surface area contributed by atoms with Crippen molar-refractivity contribution in [2.45, 2.75) is 51.5 Å². The fraction of sp³-hybridized carbons (Fsp3) is 1.00. The van der Waals surface area contributed by atoms with Gasteiger partial charge in [0.15, 0.2) is 0 Å². The molecule has 1 N–H and O–H groups in total. The van der Waals surface area contributed by atoms with E-state index in [9.17, 15) is 0 Å². The Hall–Kier alpha value is -0.0800. The van der Waals surface area contributed by atoms with E-state index in [1.165, 1.54) is 39.0 Å². The summed E-state index contributed by atoms with van der Waals surface area (Å²) in [7, 11) is 0. The highest BCUT2D eigenvalue weighted by Crippen LogP contribution is 2.48. The van der Waals surface area contributed by atoms with Crippen LogP contribution in [0.15, 0.2) is 0 Å². The van der Waals surface area contributed by atoms with Gasteiger partial charge in [0.2, 0.25) is 0 Å². The maximum Gasteiger partial charge on any atom is 0.0195 e. The van der Waals surface area contributed by atoms with Gasteiger partial charge >= 0.3 is 0 Å². The van der Waals surface area contributed by atoms with Crippen LogP contribution < -0.4 is 5.32 Å². The smallest absolute Gasteiger partial charge is 0.0195 e. The molecule has 0 aromatic heterocycles. The maximum atomic E-state index is 3.67. The lowest BCUT2D eigenvalue weighted by molar-refractivity contribution is 0.146. The lowest BCUT2D eigenvalue weighted by atomic mass is 9.88. The third-order valence-electron chi connectivity index (χ3n) is 5.35. The molecule has 2 aliphatic carbocycles. The van der Waals surface area contributed by atoms with Gasteiger partial charge in [-0.25, -0.2) is 0 Å². The summed E-state index contributed by atoms with van der Waals surface area (Å²) < 4.78 is 0. The van der Waals surface area contributed by atoms with Crippen molar-refractivity contribution >= 4 is 0 Å². The molecule has 3 rings (SSSR count). The van der Waals surface area contributed by atoms with Gasteiger partial charge in [-0.1, -0.05) is 19.8 Å². The molecule has 4 unspecified atom stereocenters. The van der Waals surface area contributed by atoms with Crippen LogP contribution in [-0.4, -0.2) is 37.1 Å². The summed E-state index contributed by atoms with van der Waals surface area (Å²) in [5, 5.41) is 3.67. The largest absolute Gasteiger partial charge is 0.311 e. The molecule has 2 heteroatoms. The number of fused-ring (bicyclic) bond motifs is 2. The third-order valence-corrected chi connectivity index (χ3v) is 5.35. The van der Waals surface area contributed by atoms with Crippen molar-refractivity contribution in [2.24, 2.45) is 17.8 Å². The Morgan fingerprint density at radius 2 is 2.18 bits per heavy atom. The number of hydrogen-bond donors (Lipinski definition) is 1. The van der Waals surface area contributed by atoms with Crippen LogP contribution in [0.4, 0.5) is 0 Å². The zero-order valence-corrected chi connectivity index (χ0v) is 11.3. The first-order valence-electron chi connectivity index (χ1n) is 7.81. The molecule has 1 aliphatic heterocycles. The number of rotatable bonds is 4. The maximum absolute atomic E-state index is 3.67. The first kappa shape index (κ1) is 12.0. The summed E-state index contributed by atoms with van der Waals surface area (Å²) in [6, 6.07) is 0.771. The molecule has 98 valence electrons. The zero-order chi connectivity index (χ0) is 11.7. The number of nitrogens with one attached hydrogen (secondary N) is 1. The van der Waals surface area contributed by atoms with Crippen molar-refractivity contribution < 1.29 is 0 Å². The van der Waals surface area contributed by atoms with Gasteiger partial charge in [-0.3, -0.25) is 0 Å². The first-order chi connectivity index (χ1) is 8.35. The molecule has 0 aromatic rings. The second-order valence-electron chi connectivity index (χ2n) is 6.63. The SMILES string of the molecule is CCCC1CN(CC2CC3CCC2C3)CCN1. The van der Waals surface area contributed by atoms with Crippen molar-refractivity contribution in [1.82, 2.24) is 10.2 Å². The van der Waals surface area contributed by atoms with E-state index in [4.69, 9.17) is 0 Å². The van der Waals surface area contributed by atoms with Crippen LogP contribution in [0.2, 0.25) is 0 Å². The van der Waals surface area contributed by atoms with Gasteiger partial charge in [0.05, 0.1) is 0 Å². The van der Waals surface area contributed by atoms with Crippen LogP contribution in [-0.2, 0) is 0 Å². The van der Waals surface area contributed by atoms with E-state index < -0.39 is 0 Å². The van der Waals surface area contributed by atoms with E-state index in [-0.39, 0.29) is 0 Å². The average molecular weight is 236 g/mol. The summed E-state index contributed by atoms with van der Waals surface area (Å²) >= 11 is 0. The first-order valence-corrected chi connectivity index (χ1v) is 7.81. The molecule has 2 saturated carbocycles. The molecule has 3 fully saturated rings. The number of nitrogens with zero attached hydrogens (tertiary/aromatic N) is 1. The van der Waals surface area contributed by atoms with Crippen molar-refractivity contribution in [3.63, 3.8) is 0 Å². The Bertz CT molecular complexity index is 251. The van der Waals surface area contributed by atoms with Crippen LogP contribution in [0.5, 0.6) is 0 Å². The second-order valence-corrected chi connectivity index (χ2v) is 6.63. The summed E-state index contributed by atoms with van der Waals surface area (Å²) in [6.45, 7) is 7.51. The topological polar surface area (TPSA) is 15.3 Å². The van der Waals surface area contributed by atoms with Crippen molar-refractivity contribution in [2.75, 3.05) is 26.2 Å². The number of piperazine rings is 1. The van der Waals surface area contributed by atoms with E-state index >= 15 is 0 Å². The molecule has 0 spiro atoms. The van der Waals surface area contributed by atoms with Crippen LogP contribution >= 0.6 is 0 Å². The monoisotopic (exact) mass is 236 g/mol. The van der Waals surface area contributed by atoms with Crippen LogP contribution in [0.1, 0.15) is 45.4 Å². The lowest BCUT2D eigenvalue weighted by Crippen LogP contribution is -2.51. The Balaban J connectivity index is 1.48. The van der Waals surface area contributed by atoms with Crippen LogP contribution in [0.3, 0.4) is 0 Å². The van der Waals surface area contributed by atoms with E-state index in [0.717, 1.165) is 23.8 Å². The second kappa shape index (κ2) is 5.27. The molecule has 0 aromatic carbocycles. The van der Waals surface area contributed by atoms with Gasteiger partial charge in [0.1, 0.15) is 0 Å². The molecule has 2 nitrogen and oxygen atoms in total. The molecule has 0 radical (unpaired) electrons. The molecule has 1 heterocycles. The molecule has 3 aliphatic rings. The summed E-state index contributed by atoms with van der Waals surface area (Å²) in [4.78, 5) is 2.75. The molecule has 0 amide bonds. The highest BCUT2D eigenvalue weighted by atomic mass is 15.2. The lowest BCUT2D eigenvalue weighted by Gasteiger charge is -2.36. The molecule has 17 heavy (non-hydrogen) atoms. The molecular formula is C15H28N2. The Labute approximate surface area is 106 Å². The predicted molar refractivity (Wildman–Crippen MR) is 72.1 cm³/mol. The standard InChI is InChI=1S/C15H28N2/c1-2-3-15-11-17(7-6-16-15)10-14-9-12-4-5-13(14)8-12/h12-16H,2-11H2,1H3. The minimum absolute atomic E-state index is 0.771. The van der Waals surface area contributed by atoms with Crippen molar-refractivity contribution in [1.29, 1.82) is 0 Å². The minimum Gasteiger partial charge on any atom is -0.311 e. The summed E-state index contributed by atoms with van der Waals surface area (Å²) in [5.41, 5.74) is 0. The Kier molecular flexibility index (Phi) is 3.72. The van der Waals surface area contributed by atoms with Gasteiger partial charge in [-0.15, -0.1) is 0 Å². The normalized spacial score (nSPS) is 42.2. The van der Waals surface area contributed by atoms with Crippen LogP contribution in [0.25, 0.3) is 0 Å². The quantitative estimate of drug-likeness (QED) is 0.807. The van der Waals surface area contributed by atoms with E-state index in [2.05, 4.69) is 17.1 Å². The fourth-order valence-electron chi connectivity index (χ4n) is 4.53. The van der Waals surface area contributed by atoms with Gasteiger partial charge in [-0.05, 0) is 43.4 Å². The summed E-state index contributed by atoms with van der Waals surface area (Å²) in [6.07, 6.45) is 8.87. The van der Waals surface area contributed by atoms with E-state index in [1.54, 1.807) is 25.7 Å². The van der Waals surface area contributed by atoms with Gasteiger partial charge in [0, 0.05) is 32.2 Å². The molecule has 2 bridgehead atoms.